The molecule has 0 bridgehead atoms. The summed E-state index contributed by atoms with van der Waals surface area (Å²) in [5, 5.41) is 3.90. The van der Waals surface area contributed by atoms with Gasteiger partial charge in [0.15, 0.2) is 5.69 Å². The highest BCUT2D eigenvalue weighted by molar-refractivity contribution is 5.95. The van der Waals surface area contributed by atoms with E-state index in [0.717, 1.165) is 0 Å². The zero-order chi connectivity index (χ0) is 12.4. The minimum absolute atomic E-state index is 0.00124. The second-order valence-corrected chi connectivity index (χ2v) is 3.59. The smallest absolute Gasteiger partial charge is 0.271 e. The van der Waals surface area contributed by atoms with E-state index in [4.69, 9.17) is 11.5 Å². The molecule has 0 aliphatic carbocycles. The Bertz CT molecular complexity index is 564. The van der Waals surface area contributed by atoms with Gasteiger partial charge in [-0.25, -0.2) is 4.39 Å². The van der Waals surface area contributed by atoms with Crippen LogP contribution in [-0.2, 0) is 6.54 Å². The number of amides is 1. The molecule has 6 heteroatoms. The largest absolute Gasteiger partial charge is 0.396 e. The van der Waals surface area contributed by atoms with Gasteiger partial charge < -0.3 is 11.5 Å². The second kappa shape index (κ2) is 4.25. The van der Waals surface area contributed by atoms with Crippen molar-refractivity contribution in [2.45, 2.75) is 6.54 Å². The van der Waals surface area contributed by atoms with Crippen LogP contribution in [0, 0.1) is 5.82 Å². The predicted octanol–water partition coefficient (Wildman–Crippen LogP) is 0.752. The molecule has 88 valence electrons. The van der Waals surface area contributed by atoms with Crippen molar-refractivity contribution in [3.63, 3.8) is 0 Å². The Balaban J connectivity index is 2.28. The van der Waals surface area contributed by atoms with Gasteiger partial charge in [0.05, 0.1) is 12.2 Å². The third kappa shape index (κ3) is 2.25. The Kier molecular flexibility index (Phi) is 2.78. The van der Waals surface area contributed by atoms with Crippen LogP contribution in [-0.4, -0.2) is 15.7 Å². The van der Waals surface area contributed by atoms with Gasteiger partial charge in [-0.1, -0.05) is 18.2 Å². The van der Waals surface area contributed by atoms with Crippen LogP contribution in [0.5, 0.6) is 0 Å². The number of nitrogens with two attached hydrogens (primary N) is 2. The number of anilines is 1. The van der Waals surface area contributed by atoms with Crippen LogP contribution in [0.1, 0.15) is 16.1 Å². The van der Waals surface area contributed by atoms with Crippen LogP contribution in [0.3, 0.4) is 0 Å². The molecular weight excluding hydrogens is 223 g/mol. The number of aromatic nitrogens is 2. The minimum Gasteiger partial charge on any atom is -0.396 e. The summed E-state index contributed by atoms with van der Waals surface area (Å²) in [6.45, 7) is 0.199. The van der Waals surface area contributed by atoms with Crippen LogP contribution < -0.4 is 11.5 Å². The SMILES string of the molecule is NC(=O)c1nn(Cc2ccccc2F)cc1N. The van der Waals surface area contributed by atoms with Gasteiger partial charge in [-0.3, -0.25) is 9.48 Å². The normalized spacial score (nSPS) is 10.4. The molecule has 0 aliphatic rings. The van der Waals surface area contributed by atoms with Gasteiger partial charge in [-0.05, 0) is 6.07 Å². The molecule has 0 aliphatic heterocycles. The van der Waals surface area contributed by atoms with Gasteiger partial charge in [-0.15, -0.1) is 0 Å². The fourth-order valence-electron chi connectivity index (χ4n) is 1.51. The Morgan fingerprint density at radius 3 is 2.71 bits per heavy atom. The van der Waals surface area contributed by atoms with Gasteiger partial charge in [0, 0.05) is 11.8 Å². The highest BCUT2D eigenvalue weighted by Crippen LogP contribution is 2.12. The van der Waals surface area contributed by atoms with Crippen LogP contribution in [0.4, 0.5) is 10.1 Å². The first kappa shape index (κ1) is 11.1. The van der Waals surface area contributed by atoms with Crippen molar-refractivity contribution in [3.05, 3.63) is 47.5 Å². The molecule has 0 atom stereocenters. The van der Waals surface area contributed by atoms with Gasteiger partial charge in [0.25, 0.3) is 5.91 Å². The average molecular weight is 234 g/mol. The Morgan fingerprint density at radius 2 is 2.12 bits per heavy atom. The summed E-state index contributed by atoms with van der Waals surface area (Å²) in [4.78, 5) is 10.9. The van der Waals surface area contributed by atoms with Gasteiger partial charge in [0.2, 0.25) is 0 Å². The number of rotatable bonds is 3. The third-order valence-corrected chi connectivity index (χ3v) is 2.31. The monoisotopic (exact) mass is 234 g/mol. The lowest BCUT2D eigenvalue weighted by atomic mass is 10.2. The number of hydrogen-bond donors (Lipinski definition) is 2. The molecule has 0 fully saturated rings. The van der Waals surface area contributed by atoms with Crippen LogP contribution >= 0.6 is 0 Å². The summed E-state index contributed by atoms with van der Waals surface area (Å²) in [5.41, 5.74) is 11.3. The molecular formula is C11H11FN4O. The molecule has 2 rings (SSSR count). The van der Waals surface area contributed by atoms with Crippen molar-refractivity contribution in [1.82, 2.24) is 9.78 Å². The predicted molar refractivity (Wildman–Crippen MR) is 60.7 cm³/mol. The third-order valence-electron chi connectivity index (χ3n) is 2.31. The zero-order valence-electron chi connectivity index (χ0n) is 8.93. The van der Waals surface area contributed by atoms with E-state index < -0.39 is 5.91 Å². The van der Waals surface area contributed by atoms with E-state index in [2.05, 4.69) is 5.10 Å². The maximum Gasteiger partial charge on any atom is 0.271 e. The van der Waals surface area contributed by atoms with Crippen LogP contribution in [0.2, 0.25) is 0 Å². The van der Waals surface area contributed by atoms with Crippen LogP contribution in [0.15, 0.2) is 30.5 Å². The van der Waals surface area contributed by atoms with Crippen molar-refractivity contribution < 1.29 is 9.18 Å². The molecule has 2 aromatic rings. The van der Waals surface area contributed by atoms with Crippen molar-refractivity contribution in [1.29, 1.82) is 0 Å². The quantitative estimate of drug-likeness (QED) is 0.821. The summed E-state index contributed by atoms with van der Waals surface area (Å²) in [7, 11) is 0. The van der Waals surface area contributed by atoms with Gasteiger partial charge >= 0.3 is 0 Å². The number of hydrogen-bond acceptors (Lipinski definition) is 3. The summed E-state index contributed by atoms with van der Waals surface area (Å²) in [5.74, 6) is -1.03. The first-order valence-electron chi connectivity index (χ1n) is 4.94. The topological polar surface area (TPSA) is 86.9 Å². The minimum atomic E-state index is -0.699. The molecule has 4 N–H and O–H groups in total. The van der Waals surface area contributed by atoms with Crippen molar-refractivity contribution in [3.8, 4) is 0 Å². The van der Waals surface area contributed by atoms with E-state index in [9.17, 15) is 9.18 Å². The second-order valence-electron chi connectivity index (χ2n) is 3.59. The summed E-state index contributed by atoms with van der Waals surface area (Å²) in [6.07, 6.45) is 1.45. The fourth-order valence-corrected chi connectivity index (χ4v) is 1.51. The van der Waals surface area contributed by atoms with E-state index in [0.29, 0.717) is 5.56 Å². The Labute approximate surface area is 96.8 Å². The molecule has 0 radical (unpaired) electrons. The molecule has 1 aromatic heterocycles. The lowest BCUT2D eigenvalue weighted by Crippen LogP contribution is -2.14. The van der Waals surface area contributed by atoms with Crippen molar-refractivity contribution >= 4 is 11.6 Å². The number of nitrogen functional groups attached to an aromatic ring is 1. The average Bonchev–Trinajstić information content (AvgIpc) is 2.63. The van der Waals surface area contributed by atoms with Crippen molar-refractivity contribution in [2.75, 3.05) is 5.73 Å². The zero-order valence-corrected chi connectivity index (χ0v) is 8.93. The molecule has 1 heterocycles. The maximum atomic E-state index is 13.4. The molecule has 1 aromatic carbocycles. The standard InChI is InChI=1S/C11H11FN4O/c12-8-4-2-1-3-7(8)5-16-6-9(13)10(15-16)11(14)17/h1-4,6H,5,13H2,(H2,14,17). The van der Waals surface area contributed by atoms with E-state index >= 15 is 0 Å². The molecule has 1 amide bonds. The highest BCUT2D eigenvalue weighted by Gasteiger charge is 2.12. The molecule has 0 saturated heterocycles. The van der Waals surface area contributed by atoms with Gasteiger partial charge in [0.1, 0.15) is 5.82 Å². The van der Waals surface area contributed by atoms with E-state index in [1.54, 1.807) is 18.2 Å². The first-order chi connectivity index (χ1) is 8.08. The number of benzene rings is 1. The Hall–Kier alpha value is -2.37. The molecule has 5 nitrogen and oxygen atoms in total. The molecule has 0 spiro atoms. The van der Waals surface area contributed by atoms with E-state index in [-0.39, 0.29) is 23.7 Å². The lowest BCUT2D eigenvalue weighted by Gasteiger charge is -2.02. The van der Waals surface area contributed by atoms with Gasteiger partial charge in [-0.2, -0.15) is 5.10 Å². The summed E-state index contributed by atoms with van der Waals surface area (Å²) < 4.78 is 14.8. The molecule has 17 heavy (non-hydrogen) atoms. The maximum absolute atomic E-state index is 13.4. The first-order valence-corrected chi connectivity index (χ1v) is 4.94. The fraction of sp³-hybridized carbons (Fsp3) is 0.0909. The summed E-state index contributed by atoms with van der Waals surface area (Å²) >= 11 is 0. The number of carbonyl (C=O) groups is 1. The van der Waals surface area contributed by atoms with Crippen LogP contribution in [0.25, 0.3) is 0 Å². The highest BCUT2D eigenvalue weighted by atomic mass is 19.1. The molecule has 0 unspecified atom stereocenters. The number of carbonyl (C=O) groups excluding carboxylic acids is 1. The summed E-state index contributed by atoms with van der Waals surface area (Å²) in [6, 6.07) is 6.32. The number of primary amides is 1. The molecule has 0 saturated carbocycles. The Morgan fingerprint density at radius 1 is 1.41 bits per heavy atom. The van der Waals surface area contributed by atoms with E-state index in [1.807, 2.05) is 0 Å². The number of nitrogens with zero attached hydrogens (tertiary/aromatic N) is 2. The van der Waals surface area contributed by atoms with E-state index in [1.165, 1.54) is 16.9 Å². The lowest BCUT2D eigenvalue weighted by molar-refractivity contribution is 0.0995. The number of halogens is 1. The van der Waals surface area contributed by atoms with Crippen molar-refractivity contribution in [2.24, 2.45) is 5.73 Å².